The van der Waals surface area contributed by atoms with Crippen molar-refractivity contribution in [2.45, 2.75) is 13.3 Å². The van der Waals surface area contributed by atoms with E-state index in [4.69, 9.17) is 9.47 Å². The molecular formula is C14H22N2O3. The number of carbonyl (C=O) groups excluding carboxylic acids is 1. The third-order valence-electron chi connectivity index (χ3n) is 2.61. The highest BCUT2D eigenvalue weighted by atomic mass is 16.5. The number of methoxy groups -OCH3 is 1. The van der Waals surface area contributed by atoms with Gasteiger partial charge in [-0.25, -0.2) is 4.79 Å². The van der Waals surface area contributed by atoms with Gasteiger partial charge in [0.15, 0.2) is 0 Å². The molecule has 0 aliphatic rings. The Hall–Kier alpha value is -1.75. The lowest BCUT2D eigenvalue weighted by Crippen LogP contribution is -2.38. The second-order valence-corrected chi connectivity index (χ2v) is 3.94. The van der Waals surface area contributed by atoms with Gasteiger partial charge < -0.3 is 20.1 Å². The molecule has 1 rings (SSSR count). The van der Waals surface area contributed by atoms with Gasteiger partial charge in [0.2, 0.25) is 0 Å². The molecule has 0 bridgehead atoms. The van der Waals surface area contributed by atoms with Gasteiger partial charge in [-0.2, -0.15) is 0 Å². The van der Waals surface area contributed by atoms with E-state index >= 15 is 0 Å². The third kappa shape index (κ3) is 6.10. The Bertz CT molecular complexity index is 383. The summed E-state index contributed by atoms with van der Waals surface area (Å²) in [7, 11) is 1.65. The van der Waals surface area contributed by atoms with E-state index in [2.05, 4.69) is 10.6 Å². The van der Waals surface area contributed by atoms with Crippen molar-refractivity contribution in [1.29, 1.82) is 0 Å². The van der Waals surface area contributed by atoms with Gasteiger partial charge in [0.1, 0.15) is 5.75 Å². The number of amides is 2. The molecule has 0 aromatic heterocycles. The minimum atomic E-state index is -0.172. The maximum Gasteiger partial charge on any atom is 0.314 e. The smallest absolute Gasteiger partial charge is 0.314 e. The summed E-state index contributed by atoms with van der Waals surface area (Å²) in [6, 6.07) is 7.62. The first-order valence-corrected chi connectivity index (χ1v) is 6.49. The zero-order valence-electron chi connectivity index (χ0n) is 11.6. The van der Waals surface area contributed by atoms with Crippen molar-refractivity contribution in [3.63, 3.8) is 0 Å². The monoisotopic (exact) mass is 266 g/mol. The number of para-hydroxylation sites is 1. The first kappa shape index (κ1) is 15.3. The van der Waals surface area contributed by atoms with Crippen LogP contribution in [0.1, 0.15) is 12.5 Å². The van der Waals surface area contributed by atoms with Crippen molar-refractivity contribution in [1.82, 2.24) is 10.6 Å². The lowest BCUT2D eigenvalue weighted by atomic mass is 10.1. The molecule has 2 N–H and O–H groups in total. The van der Waals surface area contributed by atoms with Crippen LogP contribution in [0.5, 0.6) is 5.75 Å². The number of hydrogen-bond donors (Lipinski definition) is 2. The van der Waals surface area contributed by atoms with Crippen LogP contribution in [0, 0.1) is 0 Å². The molecule has 5 heteroatoms. The fourth-order valence-electron chi connectivity index (χ4n) is 1.66. The van der Waals surface area contributed by atoms with Crippen LogP contribution in [0.4, 0.5) is 4.79 Å². The molecule has 1 aromatic rings. The summed E-state index contributed by atoms with van der Waals surface area (Å²) in [6.07, 6.45) is 0.739. The second kappa shape index (κ2) is 9.22. The number of urea groups is 1. The Kier molecular flexibility index (Phi) is 7.43. The highest BCUT2D eigenvalue weighted by Crippen LogP contribution is 2.16. The van der Waals surface area contributed by atoms with Crippen LogP contribution in [-0.2, 0) is 11.2 Å². The molecule has 1 aromatic carbocycles. The van der Waals surface area contributed by atoms with E-state index in [0.29, 0.717) is 26.3 Å². The van der Waals surface area contributed by atoms with E-state index in [-0.39, 0.29) is 6.03 Å². The molecule has 0 radical (unpaired) electrons. The summed E-state index contributed by atoms with van der Waals surface area (Å²) in [4.78, 5) is 11.4. The van der Waals surface area contributed by atoms with Crippen LogP contribution in [-0.4, -0.2) is 39.4 Å². The normalized spacial score (nSPS) is 10.0. The fraction of sp³-hybridized carbons (Fsp3) is 0.500. The van der Waals surface area contributed by atoms with Crippen molar-refractivity contribution in [3.8, 4) is 5.75 Å². The Morgan fingerprint density at radius 3 is 2.68 bits per heavy atom. The van der Waals surface area contributed by atoms with Crippen LogP contribution < -0.4 is 15.4 Å². The highest BCUT2D eigenvalue weighted by Gasteiger charge is 2.03. The van der Waals surface area contributed by atoms with Crippen LogP contribution in [0.2, 0.25) is 0 Å². The predicted octanol–water partition coefficient (Wildman–Crippen LogP) is 1.57. The standard InChI is InChI=1S/C14H22N2O3/c1-3-19-11-10-16-14(17)15-9-8-12-6-4-5-7-13(12)18-2/h4-7H,3,8-11H2,1-2H3,(H2,15,16,17). The van der Waals surface area contributed by atoms with Crippen molar-refractivity contribution in [3.05, 3.63) is 29.8 Å². The zero-order valence-corrected chi connectivity index (χ0v) is 11.6. The average molecular weight is 266 g/mol. The Labute approximate surface area is 114 Å². The van der Waals surface area contributed by atoms with Crippen molar-refractivity contribution < 1.29 is 14.3 Å². The van der Waals surface area contributed by atoms with Crippen molar-refractivity contribution in [2.24, 2.45) is 0 Å². The molecule has 5 nitrogen and oxygen atoms in total. The molecule has 2 amide bonds. The first-order valence-electron chi connectivity index (χ1n) is 6.49. The van der Waals surface area contributed by atoms with E-state index in [9.17, 15) is 4.79 Å². The lowest BCUT2D eigenvalue weighted by molar-refractivity contribution is 0.149. The van der Waals surface area contributed by atoms with Crippen LogP contribution in [0.25, 0.3) is 0 Å². The molecule has 106 valence electrons. The molecule has 0 fully saturated rings. The number of rotatable bonds is 8. The first-order chi connectivity index (χ1) is 9.27. The lowest BCUT2D eigenvalue weighted by Gasteiger charge is -2.10. The molecule has 0 unspecified atom stereocenters. The quantitative estimate of drug-likeness (QED) is 0.702. The van der Waals surface area contributed by atoms with Gasteiger partial charge in [-0.05, 0) is 25.0 Å². The summed E-state index contributed by atoms with van der Waals surface area (Å²) < 4.78 is 10.4. The summed E-state index contributed by atoms with van der Waals surface area (Å²) >= 11 is 0. The minimum Gasteiger partial charge on any atom is -0.496 e. The Morgan fingerprint density at radius 2 is 1.95 bits per heavy atom. The van der Waals surface area contributed by atoms with Crippen LogP contribution in [0.3, 0.4) is 0 Å². The van der Waals surface area contributed by atoms with Gasteiger partial charge in [-0.3, -0.25) is 0 Å². The SMILES string of the molecule is CCOCCNC(=O)NCCc1ccccc1OC. The predicted molar refractivity (Wildman–Crippen MR) is 74.6 cm³/mol. The number of ether oxygens (including phenoxy) is 2. The highest BCUT2D eigenvalue weighted by molar-refractivity contribution is 5.73. The molecule has 0 heterocycles. The second-order valence-electron chi connectivity index (χ2n) is 3.94. The fourth-order valence-corrected chi connectivity index (χ4v) is 1.66. The minimum absolute atomic E-state index is 0.172. The van der Waals surface area contributed by atoms with E-state index in [1.165, 1.54) is 0 Å². The summed E-state index contributed by atoms with van der Waals surface area (Å²) in [6.45, 7) is 4.22. The molecule has 0 spiro atoms. The van der Waals surface area contributed by atoms with E-state index < -0.39 is 0 Å². The van der Waals surface area contributed by atoms with Gasteiger partial charge in [-0.1, -0.05) is 18.2 Å². The maximum atomic E-state index is 11.4. The molecular weight excluding hydrogens is 244 g/mol. The van der Waals surface area contributed by atoms with E-state index in [1.54, 1.807) is 7.11 Å². The van der Waals surface area contributed by atoms with Gasteiger partial charge in [0, 0.05) is 19.7 Å². The third-order valence-corrected chi connectivity index (χ3v) is 2.61. The average Bonchev–Trinajstić information content (AvgIpc) is 2.44. The molecule has 0 saturated carbocycles. The zero-order chi connectivity index (χ0) is 13.9. The number of benzene rings is 1. The molecule has 0 saturated heterocycles. The van der Waals surface area contributed by atoms with Crippen LogP contribution >= 0.6 is 0 Å². The van der Waals surface area contributed by atoms with Crippen LogP contribution in [0.15, 0.2) is 24.3 Å². The molecule has 0 aliphatic carbocycles. The molecule has 0 aliphatic heterocycles. The maximum absolute atomic E-state index is 11.4. The summed E-state index contributed by atoms with van der Waals surface area (Å²) in [5, 5.41) is 5.52. The van der Waals surface area contributed by atoms with Gasteiger partial charge in [0.05, 0.1) is 13.7 Å². The summed E-state index contributed by atoms with van der Waals surface area (Å²) in [5.41, 5.74) is 1.08. The van der Waals surface area contributed by atoms with Gasteiger partial charge in [0.25, 0.3) is 0 Å². The summed E-state index contributed by atoms with van der Waals surface area (Å²) in [5.74, 6) is 0.848. The topological polar surface area (TPSA) is 59.6 Å². The number of hydrogen-bond acceptors (Lipinski definition) is 3. The van der Waals surface area contributed by atoms with Crippen molar-refractivity contribution >= 4 is 6.03 Å². The van der Waals surface area contributed by atoms with Crippen molar-refractivity contribution in [2.75, 3.05) is 33.4 Å². The van der Waals surface area contributed by atoms with Gasteiger partial charge in [-0.15, -0.1) is 0 Å². The Morgan fingerprint density at radius 1 is 1.21 bits per heavy atom. The van der Waals surface area contributed by atoms with E-state index in [0.717, 1.165) is 17.7 Å². The molecule has 0 atom stereocenters. The number of nitrogens with one attached hydrogen (secondary N) is 2. The Balaban J connectivity index is 2.20. The van der Waals surface area contributed by atoms with E-state index in [1.807, 2.05) is 31.2 Å². The molecule has 19 heavy (non-hydrogen) atoms. The van der Waals surface area contributed by atoms with Gasteiger partial charge >= 0.3 is 6.03 Å². The number of carbonyl (C=O) groups is 1. The largest absolute Gasteiger partial charge is 0.496 e.